The highest BCUT2D eigenvalue weighted by atomic mass is 79.9. The van der Waals surface area contributed by atoms with Gasteiger partial charge in [-0.05, 0) is 31.9 Å². The van der Waals surface area contributed by atoms with Crippen molar-refractivity contribution in [1.82, 2.24) is 0 Å². The first-order chi connectivity index (χ1) is 6.79. The maximum atomic E-state index is 3.73. The van der Waals surface area contributed by atoms with Crippen LogP contribution in [-0.2, 0) is 0 Å². The number of halogens is 2. The Morgan fingerprint density at radius 2 is 0.929 bits per heavy atom. The van der Waals surface area contributed by atoms with E-state index in [9.17, 15) is 0 Å². The van der Waals surface area contributed by atoms with Crippen molar-refractivity contribution in [3.8, 4) is 0 Å². The lowest BCUT2D eigenvalue weighted by atomic mass is 10.3. The molecule has 0 radical (unpaired) electrons. The summed E-state index contributed by atoms with van der Waals surface area (Å²) in [6, 6.07) is 0. The summed E-state index contributed by atoms with van der Waals surface area (Å²) in [6.45, 7) is 0. The first-order valence-electron chi connectivity index (χ1n) is 3.85. The fraction of sp³-hybridized carbons (Fsp3) is 0.250. The van der Waals surface area contributed by atoms with Crippen LogP contribution in [0.2, 0.25) is 0 Å². The predicted octanol–water partition coefficient (Wildman–Crippen LogP) is 5.52. The highest BCUT2D eigenvalue weighted by Crippen LogP contribution is 2.59. The molecule has 1 aromatic rings. The standard InChI is InChI=1S/C8H4Br2S4/c9-3-5-6(12-1-11-5)4(10)8-7(3)13-2-14-8/h1-2H2. The van der Waals surface area contributed by atoms with Crippen LogP contribution in [0.5, 0.6) is 0 Å². The summed E-state index contributed by atoms with van der Waals surface area (Å²) in [6.07, 6.45) is 0. The zero-order valence-electron chi connectivity index (χ0n) is 6.80. The molecule has 0 unspecified atom stereocenters. The van der Waals surface area contributed by atoms with Gasteiger partial charge in [-0.2, -0.15) is 0 Å². The summed E-state index contributed by atoms with van der Waals surface area (Å²) in [5.41, 5.74) is 0. The molecule has 0 atom stereocenters. The van der Waals surface area contributed by atoms with E-state index < -0.39 is 0 Å². The maximum Gasteiger partial charge on any atom is 0.0488 e. The Morgan fingerprint density at radius 3 is 1.21 bits per heavy atom. The number of hydrogen-bond acceptors (Lipinski definition) is 4. The Bertz CT molecular complexity index is 346. The van der Waals surface area contributed by atoms with Crippen LogP contribution >= 0.6 is 78.9 Å². The van der Waals surface area contributed by atoms with E-state index in [2.05, 4.69) is 31.9 Å². The Hall–Kier alpha value is 1.58. The van der Waals surface area contributed by atoms with Crippen LogP contribution in [0, 0.1) is 0 Å². The van der Waals surface area contributed by atoms with Gasteiger partial charge in [-0.3, -0.25) is 0 Å². The largest absolute Gasteiger partial charge is 0.112 e. The summed E-state index contributed by atoms with van der Waals surface area (Å²) < 4.78 is 2.63. The first-order valence-corrected chi connectivity index (χ1v) is 9.38. The molecule has 1 aromatic carbocycles. The van der Waals surface area contributed by atoms with Gasteiger partial charge in [0.15, 0.2) is 0 Å². The van der Waals surface area contributed by atoms with E-state index in [1.807, 2.05) is 47.0 Å². The molecule has 0 aliphatic carbocycles. The quantitative estimate of drug-likeness (QED) is 0.574. The molecule has 0 aromatic heterocycles. The molecule has 0 saturated carbocycles. The van der Waals surface area contributed by atoms with Crippen molar-refractivity contribution in [2.24, 2.45) is 0 Å². The number of benzene rings is 1. The van der Waals surface area contributed by atoms with Crippen LogP contribution in [0.4, 0.5) is 0 Å². The lowest BCUT2D eigenvalue weighted by molar-refractivity contribution is 1.04. The third kappa shape index (κ3) is 1.52. The molecule has 0 fully saturated rings. The van der Waals surface area contributed by atoms with Crippen LogP contribution in [-0.4, -0.2) is 10.2 Å². The second kappa shape index (κ2) is 4.11. The van der Waals surface area contributed by atoms with Crippen LogP contribution < -0.4 is 0 Å². The number of hydrogen-bond donors (Lipinski definition) is 0. The third-order valence-electron chi connectivity index (χ3n) is 2.02. The van der Waals surface area contributed by atoms with Crippen molar-refractivity contribution < 1.29 is 0 Å². The minimum atomic E-state index is 1.14. The molecule has 6 heteroatoms. The Balaban J connectivity index is 2.33. The Morgan fingerprint density at radius 1 is 0.643 bits per heavy atom. The summed E-state index contributed by atoms with van der Waals surface area (Å²) in [5.74, 6) is 0. The van der Waals surface area contributed by atoms with Gasteiger partial charge >= 0.3 is 0 Å². The zero-order valence-corrected chi connectivity index (χ0v) is 13.2. The smallest absolute Gasteiger partial charge is 0.0488 e. The van der Waals surface area contributed by atoms with Crippen molar-refractivity contribution in [3.63, 3.8) is 0 Å². The van der Waals surface area contributed by atoms with Crippen LogP contribution in [0.1, 0.15) is 0 Å². The topological polar surface area (TPSA) is 0 Å². The van der Waals surface area contributed by atoms with E-state index in [1.54, 1.807) is 0 Å². The van der Waals surface area contributed by atoms with Gasteiger partial charge in [0.25, 0.3) is 0 Å². The van der Waals surface area contributed by atoms with E-state index in [1.165, 1.54) is 28.5 Å². The molecule has 3 rings (SSSR count). The number of fused-ring (bicyclic) bond motifs is 2. The molecule has 2 aliphatic heterocycles. The lowest BCUT2D eigenvalue weighted by Gasteiger charge is -2.09. The molecule has 2 heterocycles. The van der Waals surface area contributed by atoms with E-state index in [0.29, 0.717) is 0 Å². The van der Waals surface area contributed by atoms with Crippen molar-refractivity contribution in [1.29, 1.82) is 0 Å². The molecule has 0 nitrogen and oxygen atoms in total. The maximum absolute atomic E-state index is 3.73. The van der Waals surface area contributed by atoms with Crippen LogP contribution in [0.25, 0.3) is 0 Å². The van der Waals surface area contributed by atoms with E-state index >= 15 is 0 Å². The molecule has 0 N–H and O–H groups in total. The molecule has 14 heavy (non-hydrogen) atoms. The molecule has 0 bridgehead atoms. The third-order valence-corrected chi connectivity index (χ3v) is 9.59. The average molecular weight is 388 g/mol. The van der Waals surface area contributed by atoms with Crippen LogP contribution in [0.15, 0.2) is 28.5 Å². The van der Waals surface area contributed by atoms with Crippen LogP contribution in [0.3, 0.4) is 0 Å². The predicted molar refractivity (Wildman–Crippen MR) is 75.0 cm³/mol. The second-order valence-corrected chi connectivity index (χ2v) is 9.02. The number of thioether (sulfide) groups is 4. The SMILES string of the molecule is Brc1c2c(c(Br)c3c1SCS3)SCS2. The average Bonchev–Trinajstić information content (AvgIpc) is 2.82. The molecular formula is C8H4Br2S4. The van der Waals surface area contributed by atoms with Crippen molar-refractivity contribution in [2.45, 2.75) is 19.6 Å². The van der Waals surface area contributed by atoms with Crippen molar-refractivity contribution >= 4 is 78.9 Å². The fourth-order valence-electron chi connectivity index (χ4n) is 1.42. The van der Waals surface area contributed by atoms with Crippen molar-refractivity contribution in [3.05, 3.63) is 8.95 Å². The van der Waals surface area contributed by atoms with E-state index in [-0.39, 0.29) is 0 Å². The summed E-state index contributed by atoms with van der Waals surface area (Å²) in [5, 5.41) is 2.29. The van der Waals surface area contributed by atoms with Gasteiger partial charge in [-0.25, -0.2) is 0 Å². The van der Waals surface area contributed by atoms with Gasteiger partial charge in [0.05, 0.1) is 0 Å². The zero-order chi connectivity index (χ0) is 9.71. The summed E-state index contributed by atoms with van der Waals surface area (Å²) in [4.78, 5) is 5.71. The first kappa shape index (κ1) is 10.7. The van der Waals surface area contributed by atoms with Gasteiger partial charge in [-0.15, -0.1) is 47.0 Å². The second-order valence-electron chi connectivity index (χ2n) is 2.76. The molecule has 2 aliphatic rings. The summed E-state index contributed by atoms with van der Waals surface area (Å²) >= 11 is 15.2. The van der Waals surface area contributed by atoms with Gasteiger partial charge in [0, 0.05) is 38.7 Å². The van der Waals surface area contributed by atoms with Gasteiger partial charge in [0.2, 0.25) is 0 Å². The minimum absolute atomic E-state index is 1.14. The van der Waals surface area contributed by atoms with Gasteiger partial charge < -0.3 is 0 Å². The monoisotopic (exact) mass is 386 g/mol. The summed E-state index contributed by atoms with van der Waals surface area (Å²) in [7, 11) is 0. The molecule has 0 amide bonds. The van der Waals surface area contributed by atoms with Gasteiger partial charge in [-0.1, -0.05) is 0 Å². The highest BCUT2D eigenvalue weighted by Gasteiger charge is 2.28. The fourth-order valence-corrected chi connectivity index (χ4v) is 9.15. The Kier molecular flexibility index (Phi) is 3.15. The molecular weight excluding hydrogens is 384 g/mol. The van der Waals surface area contributed by atoms with Crippen molar-refractivity contribution in [2.75, 3.05) is 10.2 Å². The molecule has 74 valence electrons. The Labute approximate surface area is 116 Å². The minimum Gasteiger partial charge on any atom is -0.112 e. The van der Waals surface area contributed by atoms with E-state index in [0.717, 1.165) is 10.2 Å². The highest BCUT2D eigenvalue weighted by molar-refractivity contribution is 9.11. The van der Waals surface area contributed by atoms with E-state index in [4.69, 9.17) is 0 Å². The lowest BCUT2D eigenvalue weighted by Crippen LogP contribution is -1.83. The molecule has 0 spiro atoms. The van der Waals surface area contributed by atoms with Gasteiger partial charge in [0.1, 0.15) is 0 Å². The molecule has 0 saturated heterocycles. The normalized spacial score (nSPS) is 18.4. The number of rotatable bonds is 0.